The fourth-order valence-corrected chi connectivity index (χ4v) is 6.29. The molecule has 164 valence electrons. The van der Waals surface area contributed by atoms with E-state index in [2.05, 4.69) is 5.32 Å². The molecule has 8 heteroatoms. The largest absolute Gasteiger partial charge is 0.322 e. The van der Waals surface area contributed by atoms with Gasteiger partial charge in [0.1, 0.15) is 5.69 Å². The van der Waals surface area contributed by atoms with Crippen molar-refractivity contribution in [3.8, 4) is 5.69 Å². The van der Waals surface area contributed by atoms with Crippen LogP contribution >= 0.6 is 11.8 Å². The number of carbonyl (C=O) groups excluding carboxylic acids is 2. The summed E-state index contributed by atoms with van der Waals surface area (Å²) in [4.78, 5) is 40.9. The molecule has 2 amide bonds. The number of hydrogen-bond donors (Lipinski definition) is 1. The third-order valence-corrected chi connectivity index (χ3v) is 7.85. The number of para-hydroxylation sites is 1. The van der Waals surface area contributed by atoms with Gasteiger partial charge in [0.2, 0.25) is 10.8 Å². The van der Waals surface area contributed by atoms with Crippen LogP contribution in [-0.2, 0) is 21.5 Å². The molecule has 1 aromatic heterocycles. The van der Waals surface area contributed by atoms with Gasteiger partial charge in [-0.2, -0.15) is 0 Å². The number of amides is 2. The standard InChI is InChI=1S/C24H24N4O3S/c1-13-11-14(2)19-18(12-13)24(23(31)25-19)27(21(29)16(4)32-24)20-15(3)26(5)28(22(20)30)17-9-7-6-8-10-17/h6-12,16H,1-5H3,(H,25,31). The van der Waals surface area contributed by atoms with Crippen molar-refractivity contribution in [2.75, 3.05) is 10.2 Å². The van der Waals surface area contributed by atoms with Crippen molar-refractivity contribution < 1.29 is 9.59 Å². The van der Waals surface area contributed by atoms with Crippen LogP contribution in [-0.4, -0.2) is 26.4 Å². The highest BCUT2D eigenvalue weighted by Crippen LogP contribution is 2.56. The first kappa shape index (κ1) is 20.6. The molecule has 1 saturated heterocycles. The summed E-state index contributed by atoms with van der Waals surface area (Å²) in [6.45, 7) is 7.50. The average Bonchev–Trinajstić information content (AvgIpc) is 3.26. The molecule has 0 bridgehead atoms. The Morgan fingerprint density at radius 2 is 1.72 bits per heavy atom. The molecular formula is C24H24N4O3S. The monoisotopic (exact) mass is 448 g/mol. The van der Waals surface area contributed by atoms with Crippen molar-refractivity contribution in [3.05, 3.63) is 75.2 Å². The summed E-state index contributed by atoms with van der Waals surface area (Å²) in [6, 6.07) is 13.2. The first-order chi connectivity index (χ1) is 15.2. The molecule has 2 aliphatic rings. The van der Waals surface area contributed by atoms with Crippen LogP contribution in [0.4, 0.5) is 11.4 Å². The highest BCUT2D eigenvalue weighted by atomic mass is 32.2. The van der Waals surface area contributed by atoms with E-state index in [-0.39, 0.29) is 23.1 Å². The molecule has 2 atom stereocenters. The summed E-state index contributed by atoms with van der Waals surface area (Å²) in [7, 11) is 1.79. The Kier molecular flexibility index (Phi) is 4.43. The maximum Gasteiger partial charge on any atom is 0.295 e. The smallest absolute Gasteiger partial charge is 0.295 e. The predicted octanol–water partition coefficient (Wildman–Crippen LogP) is 3.37. The lowest BCUT2D eigenvalue weighted by Gasteiger charge is -2.31. The number of anilines is 2. The number of fused-ring (bicyclic) bond motifs is 2. The minimum absolute atomic E-state index is 0.236. The van der Waals surface area contributed by atoms with Gasteiger partial charge >= 0.3 is 0 Å². The number of hydrogen-bond acceptors (Lipinski definition) is 4. The lowest BCUT2D eigenvalue weighted by atomic mass is 9.99. The van der Waals surface area contributed by atoms with Crippen molar-refractivity contribution in [1.82, 2.24) is 9.36 Å². The average molecular weight is 449 g/mol. The number of carbonyl (C=O) groups is 2. The molecule has 0 saturated carbocycles. The minimum Gasteiger partial charge on any atom is -0.322 e. The Bertz CT molecular complexity index is 1360. The van der Waals surface area contributed by atoms with Gasteiger partial charge in [-0.3, -0.25) is 24.0 Å². The lowest BCUT2D eigenvalue weighted by molar-refractivity contribution is -0.122. The molecule has 2 unspecified atom stereocenters. The minimum atomic E-state index is -1.32. The number of aryl methyl sites for hydroxylation is 2. The number of benzene rings is 2. The number of thioether (sulfide) groups is 1. The van der Waals surface area contributed by atoms with Gasteiger partial charge in [0.05, 0.1) is 22.3 Å². The van der Waals surface area contributed by atoms with E-state index < -0.39 is 10.1 Å². The molecule has 1 spiro atoms. The van der Waals surface area contributed by atoms with Crippen LogP contribution in [0, 0.1) is 20.8 Å². The van der Waals surface area contributed by atoms with Gasteiger partial charge in [0.25, 0.3) is 11.5 Å². The van der Waals surface area contributed by atoms with Crippen molar-refractivity contribution in [2.45, 2.75) is 37.8 Å². The lowest BCUT2D eigenvalue weighted by Crippen LogP contribution is -2.49. The molecule has 7 nitrogen and oxygen atoms in total. The van der Waals surface area contributed by atoms with Gasteiger partial charge in [-0.05, 0) is 45.4 Å². The second-order valence-corrected chi connectivity index (χ2v) is 9.98. The van der Waals surface area contributed by atoms with E-state index in [4.69, 9.17) is 0 Å². The summed E-state index contributed by atoms with van der Waals surface area (Å²) in [5.74, 6) is -0.541. The second-order valence-electron chi connectivity index (χ2n) is 8.45. The van der Waals surface area contributed by atoms with Gasteiger partial charge in [-0.25, -0.2) is 4.68 Å². The third-order valence-electron chi connectivity index (χ3n) is 6.37. The molecule has 0 radical (unpaired) electrons. The third kappa shape index (κ3) is 2.53. The quantitative estimate of drug-likeness (QED) is 0.652. The molecule has 2 aromatic carbocycles. The normalized spacial score (nSPS) is 22.0. The zero-order chi connectivity index (χ0) is 22.9. The van der Waals surface area contributed by atoms with Crippen LogP contribution < -0.4 is 15.8 Å². The van der Waals surface area contributed by atoms with Gasteiger partial charge in [0, 0.05) is 12.6 Å². The number of nitrogens with zero attached hydrogens (tertiary/aromatic N) is 3. The van der Waals surface area contributed by atoms with E-state index in [9.17, 15) is 14.4 Å². The van der Waals surface area contributed by atoms with Gasteiger partial charge < -0.3 is 5.32 Å². The van der Waals surface area contributed by atoms with E-state index in [0.717, 1.165) is 22.4 Å². The first-order valence-electron chi connectivity index (χ1n) is 10.5. The molecule has 3 aromatic rings. The van der Waals surface area contributed by atoms with E-state index in [0.29, 0.717) is 11.4 Å². The molecule has 5 rings (SSSR count). The fraction of sp³-hybridized carbons (Fsp3) is 0.292. The number of nitrogens with one attached hydrogen (secondary N) is 1. The molecule has 0 aliphatic carbocycles. The van der Waals surface area contributed by atoms with Crippen LogP contribution in [0.2, 0.25) is 0 Å². The van der Waals surface area contributed by atoms with Crippen LogP contribution in [0.25, 0.3) is 5.69 Å². The summed E-state index contributed by atoms with van der Waals surface area (Å²) in [5.41, 5.74) is 4.60. The Hall–Kier alpha value is -3.26. The van der Waals surface area contributed by atoms with Crippen LogP contribution in [0.1, 0.15) is 29.3 Å². The SMILES string of the molecule is Cc1cc(C)c2c(c1)C1(SC(C)C(=O)N1c1c(C)n(C)n(-c3ccccc3)c1=O)C(=O)N2. The van der Waals surface area contributed by atoms with E-state index in [1.54, 1.807) is 25.6 Å². The van der Waals surface area contributed by atoms with Crippen LogP contribution in [0.3, 0.4) is 0 Å². The Labute approximate surface area is 190 Å². The first-order valence-corrected chi connectivity index (χ1v) is 11.4. The van der Waals surface area contributed by atoms with E-state index in [1.165, 1.54) is 21.3 Å². The van der Waals surface area contributed by atoms with E-state index >= 15 is 0 Å². The molecule has 32 heavy (non-hydrogen) atoms. The molecule has 3 heterocycles. The maximum atomic E-state index is 13.8. The Morgan fingerprint density at radius 3 is 2.41 bits per heavy atom. The summed E-state index contributed by atoms with van der Waals surface area (Å²) < 4.78 is 3.27. The summed E-state index contributed by atoms with van der Waals surface area (Å²) in [5, 5.41) is 2.51. The van der Waals surface area contributed by atoms with E-state index in [1.807, 2.05) is 56.3 Å². The fourth-order valence-electron chi connectivity index (χ4n) is 4.84. The summed E-state index contributed by atoms with van der Waals surface area (Å²) in [6.07, 6.45) is 0. The highest BCUT2D eigenvalue weighted by molar-refractivity contribution is 8.03. The van der Waals surface area contributed by atoms with Crippen LogP contribution in [0.15, 0.2) is 47.3 Å². The molecule has 1 N–H and O–H groups in total. The van der Waals surface area contributed by atoms with Crippen molar-refractivity contribution in [1.29, 1.82) is 0 Å². The second kappa shape index (κ2) is 6.87. The van der Waals surface area contributed by atoms with Crippen molar-refractivity contribution in [2.24, 2.45) is 7.05 Å². The molecule has 2 aliphatic heterocycles. The molecule has 1 fully saturated rings. The van der Waals surface area contributed by atoms with Gasteiger partial charge in [0.15, 0.2) is 0 Å². The highest BCUT2D eigenvalue weighted by Gasteiger charge is 2.62. The van der Waals surface area contributed by atoms with Gasteiger partial charge in [-0.15, -0.1) is 11.8 Å². The Balaban J connectivity index is 1.81. The topological polar surface area (TPSA) is 76.3 Å². The maximum absolute atomic E-state index is 13.8. The van der Waals surface area contributed by atoms with Crippen molar-refractivity contribution >= 4 is 35.0 Å². The number of aromatic nitrogens is 2. The Morgan fingerprint density at radius 1 is 1.03 bits per heavy atom. The zero-order valence-electron chi connectivity index (χ0n) is 18.6. The van der Waals surface area contributed by atoms with Crippen LogP contribution in [0.5, 0.6) is 0 Å². The summed E-state index contributed by atoms with van der Waals surface area (Å²) >= 11 is 1.29. The van der Waals surface area contributed by atoms with Crippen molar-refractivity contribution in [3.63, 3.8) is 0 Å². The predicted molar refractivity (Wildman–Crippen MR) is 127 cm³/mol. The number of rotatable bonds is 2. The zero-order valence-corrected chi connectivity index (χ0v) is 19.4. The van der Waals surface area contributed by atoms with Gasteiger partial charge in [-0.1, -0.05) is 35.9 Å². The molecular weight excluding hydrogens is 424 g/mol.